The molecule has 1 aliphatic heterocycles. The summed E-state index contributed by atoms with van der Waals surface area (Å²) in [6.07, 6.45) is 4.79. The SMILES string of the molecule is COc1ccc2c(c1)C=C(C(=O)Nc1cccc(C(C)=O)c1)C=CO2. The van der Waals surface area contributed by atoms with Crippen LogP contribution in [0.15, 0.2) is 60.4 Å². The van der Waals surface area contributed by atoms with Crippen LogP contribution >= 0.6 is 0 Å². The molecule has 0 fully saturated rings. The number of amides is 1. The highest BCUT2D eigenvalue weighted by molar-refractivity contribution is 6.09. The van der Waals surface area contributed by atoms with Gasteiger partial charge in [-0.1, -0.05) is 12.1 Å². The van der Waals surface area contributed by atoms with Crippen molar-refractivity contribution in [3.63, 3.8) is 0 Å². The Morgan fingerprint density at radius 3 is 2.72 bits per heavy atom. The maximum atomic E-state index is 12.6. The van der Waals surface area contributed by atoms with E-state index >= 15 is 0 Å². The first kappa shape index (κ1) is 16.5. The molecule has 1 heterocycles. The predicted molar refractivity (Wildman–Crippen MR) is 95.8 cm³/mol. The molecule has 0 atom stereocenters. The molecular weight excluding hydrogens is 318 g/mol. The van der Waals surface area contributed by atoms with Crippen LogP contribution in [-0.2, 0) is 4.79 Å². The number of hydrogen-bond acceptors (Lipinski definition) is 4. The summed E-state index contributed by atoms with van der Waals surface area (Å²) in [5, 5.41) is 2.80. The topological polar surface area (TPSA) is 64.6 Å². The van der Waals surface area contributed by atoms with Gasteiger partial charge in [0, 0.05) is 22.4 Å². The number of anilines is 1. The highest BCUT2D eigenvalue weighted by atomic mass is 16.5. The molecule has 1 amide bonds. The highest BCUT2D eigenvalue weighted by Gasteiger charge is 2.13. The monoisotopic (exact) mass is 335 g/mol. The van der Waals surface area contributed by atoms with Gasteiger partial charge in [0.1, 0.15) is 11.5 Å². The second-order valence-corrected chi connectivity index (χ2v) is 5.52. The van der Waals surface area contributed by atoms with Gasteiger partial charge in [-0.3, -0.25) is 9.59 Å². The molecule has 5 nitrogen and oxygen atoms in total. The lowest BCUT2D eigenvalue weighted by Crippen LogP contribution is -2.13. The molecule has 0 unspecified atom stereocenters. The van der Waals surface area contributed by atoms with E-state index in [0.717, 1.165) is 5.56 Å². The third kappa shape index (κ3) is 3.77. The van der Waals surface area contributed by atoms with Crippen molar-refractivity contribution in [1.29, 1.82) is 0 Å². The van der Waals surface area contributed by atoms with Crippen LogP contribution in [0.4, 0.5) is 5.69 Å². The van der Waals surface area contributed by atoms with Gasteiger partial charge in [0.05, 0.1) is 13.4 Å². The molecule has 0 aromatic heterocycles. The number of Topliss-reactive ketones (excluding diaryl/α,β-unsaturated/α-hetero) is 1. The summed E-state index contributed by atoms with van der Waals surface area (Å²) in [5.74, 6) is 0.961. The molecule has 5 heteroatoms. The minimum atomic E-state index is -0.295. The Kier molecular flexibility index (Phi) is 4.66. The molecule has 3 rings (SSSR count). The normalized spacial score (nSPS) is 12.3. The van der Waals surface area contributed by atoms with Crippen molar-refractivity contribution in [3.8, 4) is 11.5 Å². The smallest absolute Gasteiger partial charge is 0.255 e. The molecule has 1 N–H and O–H groups in total. The van der Waals surface area contributed by atoms with E-state index in [1.807, 2.05) is 0 Å². The van der Waals surface area contributed by atoms with E-state index in [0.29, 0.717) is 28.3 Å². The van der Waals surface area contributed by atoms with Crippen LogP contribution in [0.1, 0.15) is 22.8 Å². The second kappa shape index (κ2) is 7.05. The Hall–Kier alpha value is -3.34. The van der Waals surface area contributed by atoms with Gasteiger partial charge in [-0.25, -0.2) is 0 Å². The molecular formula is C20H17NO4. The molecule has 2 aromatic rings. The zero-order valence-corrected chi connectivity index (χ0v) is 13.9. The summed E-state index contributed by atoms with van der Waals surface area (Å²) in [6.45, 7) is 1.49. The van der Waals surface area contributed by atoms with E-state index in [9.17, 15) is 9.59 Å². The van der Waals surface area contributed by atoms with Crippen molar-refractivity contribution in [2.24, 2.45) is 0 Å². The Balaban J connectivity index is 1.87. The van der Waals surface area contributed by atoms with E-state index in [1.54, 1.807) is 61.7 Å². The summed E-state index contributed by atoms with van der Waals surface area (Å²) >= 11 is 0. The van der Waals surface area contributed by atoms with Gasteiger partial charge >= 0.3 is 0 Å². The van der Waals surface area contributed by atoms with Crippen LogP contribution in [0.3, 0.4) is 0 Å². The average Bonchev–Trinajstić information content (AvgIpc) is 2.83. The Morgan fingerprint density at radius 1 is 1.12 bits per heavy atom. The number of methoxy groups -OCH3 is 1. The zero-order valence-electron chi connectivity index (χ0n) is 13.9. The van der Waals surface area contributed by atoms with E-state index in [2.05, 4.69) is 5.32 Å². The highest BCUT2D eigenvalue weighted by Crippen LogP contribution is 2.29. The van der Waals surface area contributed by atoms with Gasteiger partial charge in [-0.05, 0) is 49.4 Å². The van der Waals surface area contributed by atoms with Crippen LogP contribution in [0.2, 0.25) is 0 Å². The van der Waals surface area contributed by atoms with E-state index in [1.165, 1.54) is 13.2 Å². The molecule has 25 heavy (non-hydrogen) atoms. The van der Waals surface area contributed by atoms with Crippen molar-refractivity contribution in [2.75, 3.05) is 12.4 Å². The predicted octanol–water partition coefficient (Wildman–Crippen LogP) is 3.83. The largest absolute Gasteiger partial charge is 0.497 e. The summed E-state index contributed by atoms with van der Waals surface area (Å²) in [6, 6.07) is 12.2. The van der Waals surface area contributed by atoms with Gasteiger partial charge in [-0.15, -0.1) is 0 Å². The quantitative estimate of drug-likeness (QED) is 0.863. The number of nitrogens with one attached hydrogen (secondary N) is 1. The summed E-state index contributed by atoms with van der Waals surface area (Å²) in [7, 11) is 1.58. The number of hydrogen-bond donors (Lipinski definition) is 1. The van der Waals surface area contributed by atoms with Gasteiger partial charge in [-0.2, -0.15) is 0 Å². The number of fused-ring (bicyclic) bond motifs is 1. The van der Waals surface area contributed by atoms with Gasteiger partial charge in [0.15, 0.2) is 5.78 Å². The lowest BCUT2D eigenvalue weighted by Gasteiger charge is -2.07. The van der Waals surface area contributed by atoms with Gasteiger partial charge in [0.2, 0.25) is 0 Å². The maximum Gasteiger partial charge on any atom is 0.255 e. The molecule has 0 saturated heterocycles. The van der Waals surface area contributed by atoms with Gasteiger partial charge < -0.3 is 14.8 Å². The first-order valence-electron chi connectivity index (χ1n) is 7.72. The maximum absolute atomic E-state index is 12.6. The van der Waals surface area contributed by atoms with Crippen molar-refractivity contribution in [1.82, 2.24) is 0 Å². The minimum absolute atomic E-state index is 0.0564. The third-order valence-corrected chi connectivity index (χ3v) is 3.76. The molecule has 0 aliphatic carbocycles. The molecule has 1 aliphatic rings. The summed E-state index contributed by atoms with van der Waals surface area (Å²) in [5.41, 5.74) is 2.27. The zero-order chi connectivity index (χ0) is 17.8. The number of ketones is 1. The summed E-state index contributed by atoms with van der Waals surface area (Å²) < 4.78 is 10.7. The van der Waals surface area contributed by atoms with E-state index in [4.69, 9.17) is 9.47 Å². The Morgan fingerprint density at radius 2 is 1.96 bits per heavy atom. The van der Waals surface area contributed by atoms with Crippen LogP contribution < -0.4 is 14.8 Å². The Labute approximate surface area is 145 Å². The van der Waals surface area contributed by atoms with Crippen LogP contribution in [0, 0.1) is 0 Å². The van der Waals surface area contributed by atoms with Crippen LogP contribution in [-0.4, -0.2) is 18.8 Å². The molecule has 0 saturated carbocycles. The van der Waals surface area contributed by atoms with Crippen molar-refractivity contribution in [2.45, 2.75) is 6.92 Å². The van der Waals surface area contributed by atoms with Gasteiger partial charge in [0.25, 0.3) is 5.91 Å². The van der Waals surface area contributed by atoms with Crippen molar-refractivity contribution in [3.05, 3.63) is 71.5 Å². The molecule has 0 radical (unpaired) electrons. The number of benzene rings is 2. The molecule has 0 spiro atoms. The van der Waals surface area contributed by atoms with Crippen molar-refractivity contribution < 1.29 is 19.1 Å². The fraction of sp³-hybridized carbons (Fsp3) is 0.100. The molecule has 2 aromatic carbocycles. The average molecular weight is 335 g/mol. The standard InChI is InChI=1S/C20H17NO4/c1-13(22)14-4-3-5-17(11-14)21-20(23)15-8-9-25-19-7-6-18(24-2)12-16(19)10-15/h3-12H,1-2H3,(H,21,23). The lowest BCUT2D eigenvalue weighted by molar-refractivity contribution is -0.112. The number of rotatable bonds is 4. The van der Waals surface area contributed by atoms with E-state index < -0.39 is 0 Å². The van der Waals surface area contributed by atoms with E-state index in [-0.39, 0.29) is 11.7 Å². The Bertz CT molecular complexity index is 896. The first-order chi connectivity index (χ1) is 12.1. The first-order valence-corrected chi connectivity index (χ1v) is 7.72. The number of carbonyl (C=O) groups is 2. The number of carbonyl (C=O) groups excluding carboxylic acids is 2. The second-order valence-electron chi connectivity index (χ2n) is 5.52. The third-order valence-electron chi connectivity index (χ3n) is 3.76. The van der Waals surface area contributed by atoms with Crippen LogP contribution in [0.25, 0.3) is 6.08 Å². The molecule has 0 bridgehead atoms. The lowest BCUT2D eigenvalue weighted by atomic mass is 10.1. The minimum Gasteiger partial charge on any atom is -0.497 e. The molecule has 126 valence electrons. The fourth-order valence-electron chi connectivity index (χ4n) is 2.43. The van der Waals surface area contributed by atoms with Crippen molar-refractivity contribution >= 4 is 23.5 Å². The number of ether oxygens (including phenoxy) is 2. The summed E-state index contributed by atoms with van der Waals surface area (Å²) in [4.78, 5) is 24.0. The fourth-order valence-corrected chi connectivity index (χ4v) is 2.43. The van der Waals surface area contributed by atoms with Crippen LogP contribution in [0.5, 0.6) is 11.5 Å².